The number of rotatable bonds is 96. The van der Waals surface area contributed by atoms with Crippen LogP contribution in [0.3, 0.4) is 0 Å². The summed E-state index contributed by atoms with van der Waals surface area (Å²) in [5, 5.41) is 19.3. The molecule has 2 rings (SSSR count). The molecule has 7 N–H and O–H groups in total. The van der Waals surface area contributed by atoms with Crippen LogP contribution in [-0.2, 0) is 163 Å². The molecule has 0 saturated heterocycles. The number of carboxylic acid groups (broad SMARTS) is 1. The zero-order valence-corrected chi connectivity index (χ0v) is 74.1. The van der Waals surface area contributed by atoms with Gasteiger partial charge in [-0.2, -0.15) is 0 Å². The molecule has 0 aromatic heterocycles. The summed E-state index contributed by atoms with van der Waals surface area (Å²) in [5.41, 5.74) is 6.83. The molecule has 0 radical (unpaired) electrons. The molecule has 0 saturated carbocycles. The molecule has 1 aliphatic rings. The minimum Gasteiger partial charge on any atom is -0.481 e. The summed E-state index contributed by atoms with van der Waals surface area (Å²) >= 11 is 0. The van der Waals surface area contributed by atoms with Crippen LogP contribution >= 0.6 is 0 Å². The molecule has 1 aromatic rings. The van der Waals surface area contributed by atoms with Gasteiger partial charge in [0.2, 0.25) is 23.6 Å². The minimum atomic E-state index is -1.12. The number of amides is 8. The van der Waals surface area contributed by atoms with Crippen molar-refractivity contribution in [3.8, 4) is 0 Å². The van der Waals surface area contributed by atoms with Crippen LogP contribution in [0.15, 0.2) is 30.4 Å². The minimum absolute atomic E-state index is 0.0167. The van der Waals surface area contributed by atoms with Crippen LogP contribution in [0.1, 0.15) is 58.4 Å². The maximum atomic E-state index is 13.8. The summed E-state index contributed by atoms with van der Waals surface area (Å²) in [6.45, 7) is 24.9. The van der Waals surface area contributed by atoms with E-state index >= 15 is 0 Å². The number of imide groups is 1. The van der Waals surface area contributed by atoms with Crippen LogP contribution in [0, 0.1) is 12.8 Å². The number of hydrogen-bond acceptors (Lipinski definition) is 34. The van der Waals surface area contributed by atoms with E-state index in [4.69, 9.17) is 135 Å². The molecule has 1 heterocycles. The Labute approximate surface area is 737 Å². The topological polar surface area (TPSA) is 477 Å². The second kappa shape index (κ2) is 85.8. The lowest BCUT2D eigenvalue weighted by atomic mass is 10.0. The molecule has 0 aliphatic carbocycles. The predicted octanol–water partition coefficient (Wildman–Crippen LogP) is 0.578. The zero-order valence-electron chi connectivity index (χ0n) is 75.1. The SMILES string of the molecule is [2H]Cc1ccc(NC(=O)[C@H](CCCNC(N)=O)NC(=O)[C@@H](NC(=O)CCOCCN2C(=O)C=CC2=O)C(C)C)cc1CN(C)C(=O)CCOCCOCCOCCOCCOCCOCCOCCOCCOCCOCCOCCOCCOCCOCCOCCOCCOCCOCCOCCOCCOCCOCCOCCOCCOCCC(=O)O. The van der Waals surface area contributed by atoms with Gasteiger partial charge in [-0.25, -0.2) is 4.79 Å². The second-order valence-corrected chi connectivity index (χ2v) is 27.2. The first-order valence-electron chi connectivity index (χ1n) is 43.7. The average Bonchev–Trinajstić information content (AvgIpc) is 1.05. The maximum absolute atomic E-state index is 13.8. The van der Waals surface area contributed by atoms with Crippen LogP contribution < -0.4 is 27.0 Å². The Bertz CT molecular complexity index is 2840. The number of nitrogens with one attached hydrogen (secondary N) is 4. The first-order chi connectivity index (χ1) is 61.6. The van der Waals surface area contributed by atoms with Crippen LogP contribution in [0.25, 0.3) is 0 Å². The fourth-order valence-corrected chi connectivity index (χ4v) is 10.2. The van der Waals surface area contributed by atoms with Gasteiger partial charge < -0.3 is 160 Å². The fourth-order valence-electron chi connectivity index (χ4n) is 10.2. The van der Waals surface area contributed by atoms with Crippen molar-refractivity contribution < 1.29 is 168 Å². The van der Waals surface area contributed by atoms with E-state index in [1.54, 1.807) is 39.1 Å². The summed E-state index contributed by atoms with van der Waals surface area (Å²) in [6.07, 6.45) is 2.62. The van der Waals surface area contributed by atoms with Gasteiger partial charge in [-0.15, -0.1) is 0 Å². The number of ether oxygens (including phenoxy) is 26. The highest BCUT2D eigenvalue weighted by Crippen LogP contribution is 2.19. The zero-order chi connectivity index (χ0) is 91.1. The van der Waals surface area contributed by atoms with Crippen molar-refractivity contribution in [3.63, 3.8) is 0 Å². The highest BCUT2D eigenvalue weighted by atomic mass is 16.6. The Kier molecular flexibility index (Phi) is 77.4. The van der Waals surface area contributed by atoms with Crippen molar-refractivity contribution in [3.05, 3.63) is 41.5 Å². The number of anilines is 1. The smallest absolute Gasteiger partial charge is 0.312 e. The van der Waals surface area contributed by atoms with E-state index in [0.717, 1.165) is 4.90 Å². The number of benzene rings is 1. The van der Waals surface area contributed by atoms with Crippen molar-refractivity contribution in [2.45, 2.75) is 71.5 Å². The number of nitrogens with two attached hydrogens (primary N) is 1. The third-order valence-corrected chi connectivity index (χ3v) is 16.9. The highest BCUT2D eigenvalue weighted by Gasteiger charge is 2.30. The lowest BCUT2D eigenvalue weighted by Crippen LogP contribution is -2.54. The van der Waals surface area contributed by atoms with Crippen LogP contribution in [0.2, 0.25) is 0 Å². The van der Waals surface area contributed by atoms with E-state index in [9.17, 15) is 38.4 Å². The van der Waals surface area contributed by atoms with Gasteiger partial charge in [0, 0.05) is 45.8 Å². The van der Waals surface area contributed by atoms with Crippen molar-refractivity contribution in [1.82, 2.24) is 25.8 Å². The molecule has 0 unspecified atom stereocenters. The summed E-state index contributed by atoms with van der Waals surface area (Å²) in [6, 6.07) is 2.05. The number of primary amides is 1. The van der Waals surface area contributed by atoms with Gasteiger partial charge >= 0.3 is 12.0 Å². The Morgan fingerprint density at radius 3 is 0.976 bits per heavy atom. The number of aryl methyl sites for hydroxylation is 1. The molecule has 42 heteroatoms. The van der Waals surface area contributed by atoms with E-state index in [1.165, 1.54) is 17.1 Å². The van der Waals surface area contributed by atoms with Crippen LogP contribution in [0.5, 0.6) is 0 Å². The molecule has 0 fully saturated rings. The number of urea groups is 1. The monoisotopic (exact) mass is 1800 g/mol. The summed E-state index contributed by atoms with van der Waals surface area (Å²) < 4.78 is 151. The van der Waals surface area contributed by atoms with Crippen molar-refractivity contribution in [2.75, 3.05) is 369 Å². The largest absolute Gasteiger partial charge is 0.481 e. The standard InChI is InChI=1S/C83H147N7O35/c1-70(2)80(88-75(91)11-16-100-19-15-90-77(93)9-10-78(90)94)82(98)87-74(6-5-14-85-83(84)99)81(97)86-73-8-7-71(3)72(68-73)69-89(4)76(92)12-17-101-20-22-103-24-26-105-28-30-107-32-34-109-36-38-111-40-42-113-44-46-115-48-50-117-52-54-119-56-58-121-60-62-123-64-66-125-67-65-124-63-61-122-59-57-120-55-53-118-51-49-116-47-45-114-43-41-112-39-37-110-35-33-108-31-29-106-27-25-104-23-21-102-18-13-79(95)96/h7-10,68,70,74,80H,5-6,11-67,69H2,1-4H3,(H,86,97)(H,87,98)(H,88,91)(H,95,96)(H3,84,85,99)/t74-,80-/m0/s1/i3D. The lowest BCUT2D eigenvalue weighted by Gasteiger charge is -2.25. The third-order valence-electron chi connectivity index (χ3n) is 16.9. The van der Waals surface area contributed by atoms with Crippen molar-refractivity contribution in [1.29, 1.82) is 0 Å². The highest BCUT2D eigenvalue weighted by molar-refractivity contribution is 6.12. The van der Waals surface area contributed by atoms with E-state index in [-0.39, 0.29) is 97.6 Å². The number of carbonyl (C=O) groups is 8. The number of carboxylic acids is 1. The predicted molar refractivity (Wildman–Crippen MR) is 450 cm³/mol. The molecule has 1 aromatic carbocycles. The molecular formula is C83H147N7O35. The normalized spacial score (nSPS) is 12.7. The first-order valence-corrected chi connectivity index (χ1v) is 43.0. The van der Waals surface area contributed by atoms with Crippen LogP contribution in [-0.4, -0.2) is 438 Å². The van der Waals surface area contributed by atoms with E-state index in [1.807, 2.05) is 0 Å². The Morgan fingerprint density at radius 2 is 0.688 bits per heavy atom. The van der Waals surface area contributed by atoms with Gasteiger partial charge in [0.15, 0.2) is 0 Å². The van der Waals surface area contributed by atoms with Gasteiger partial charge in [-0.1, -0.05) is 19.9 Å². The van der Waals surface area contributed by atoms with Gasteiger partial charge in [-0.3, -0.25) is 38.5 Å². The molecule has 724 valence electrons. The van der Waals surface area contributed by atoms with E-state index in [2.05, 4.69) is 21.3 Å². The lowest BCUT2D eigenvalue weighted by molar-refractivity contribution is -0.139. The number of carbonyl (C=O) groups excluding carboxylic acids is 7. The third kappa shape index (κ3) is 73.2. The summed E-state index contributed by atoms with van der Waals surface area (Å²) in [4.78, 5) is 101. The number of hydrogen-bond donors (Lipinski definition) is 6. The summed E-state index contributed by atoms with van der Waals surface area (Å²) in [7, 11) is 1.63. The molecule has 1 aliphatic heterocycles. The molecule has 42 nitrogen and oxygen atoms in total. The van der Waals surface area contributed by atoms with Gasteiger partial charge in [-0.05, 0) is 48.9 Å². The molecule has 0 spiro atoms. The second-order valence-electron chi connectivity index (χ2n) is 27.2. The fraction of sp³-hybridized carbons (Fsp3) is 0.807. The quantitative estimate of drug-likeness (QED) is 0.0384. The van der Waals surface area contributed by atoms with E-state index < -0.39 is 59.5 Å². The number of aliphatic carboxylic acids is 1. The molecule has 2 atom stereocenters. The average molecular weight is 1800 g/mol. The van der Waals surface area contributed by atoms with Crippen molar-refractivity contribution >= 4 is 53.1 Å². The Hall–Kier alpha value is -6.32. The Morgan fingerprint density at radius 1 is 0.400 bits per heavy atom. The molecule has 0 bridgehead atoms. The van der Waals surface area contributed by atoms with Gasteiger partial charge in [0.05, 0.1) is 363 Å². The number of nitrogens with zero attached hydrogens (tertiary/aromatic N) is 2. The van der Waals surface area contributed by atoms with Gasteiger partial charge in [0.25, 0.3) is 11.8 Å². The molecule has 125 heavy (non-hydrogen) atoms. The molecular weight excluding hydrogens is 1650 g/mol. The Balaban J connectivity index is 1.26. The van der Waals surface area contributed by atoms with Gasteiger partial charge in [0.1, 0.15) is 12.1 Å². The van der Waals surface area contributed by atoms with Crippen LogP contribution in [0.4, 0.5) is 10.5 Å². The van der Waals surface area contributed by atoms with Crippen molar-refractivity contribution in [2.24, 2.45) is 11.7 Å². The summed E-state index contributed by atoms with van der Waals surface area (Å²) in [5.74, 6) is -4.09. The van der Waals surface area contributed by atoms with E-state index in [0.29, 0.717) is 327 Å². The maximum Gasteiger partial charge on any atom is 0.312 e. The molecule has 8 amide bonds. The first kappa shape index (κ1) is 113.